The third kappa shape index (κ3) is 2.76. The summed E-state index contributed by atoms with van der Waals surface area (Å²) in [6.45, 7) is 0.892. The monoisotopic (exact) mass is 254 g/mol. The number of nitro benzene ring substituents is 1. The molecule has 1 saturated heterocycles. The van der Waals surface area contributed by atoms with Gasteiger partial charge in [0.25, 0.3) is 5.69 Å². The van der Waals surface area contributed by atoms with E-state index in [2.05, 4.69) is 5.32 Å². The fourth-order valence-electron chi connectivity index (χ4n) is 2.26. The van der Waals surface area contributed by atoms with Crippen LogP contribution in [-0.2, 0) is 6.42 Å². The Bertz CT molecular complexity index is 459. The van der Waals surface area contributed by atoms with Gasteiger partial charge in [0, 0.05) is 17.7 Å². The van der Waals surface area contributed by atoms with E-state index >= 15 is 0 Å². The summed E-state index contributed by atoms with van der Waals surface area (Å²) < 4.78 is 13.4. The van der Waals surface area contributed by atoms with Gasteiger partial charge in [-0.15, -0.1) is 0 Å². The number of nitrogens with zero attached hydrogens (tertiary/aromatic N) is 1. The molecular weight excluding hydrogens is 239 g/mol. The number of non-ortho nitro benzene ring substituents is 1. The topological polar surface area (TPSA) is 75.4 Å². The van der Waals surface area contributed by atoms with Crippen molar-refractivity contribution in [1.82, 2.24) is 5.32 Å². The lowest BCUT2D eigenvalue weighted by Crippen LogP contribution is -2.35. The first kappa shape index (κ1) is 12.8. The molecule has 0 aromatic heterocycles. The van der Waals surface area contributed by atoms with Crippen molar-refractivity contribution in [2.24, 2.45) is 0 Å². The first-order chi connectivity index (χ1) is 8.58. The van der Waals surface area contributed by atoms with Crippen LogP contribution in [0.5, 0.6) is 5.75 Å². The third-order valence-corrected chi connectivity index (χ3v) is 3.22. The highest BCUT2D eigenvalue weighted by Gasteiger charge is 2.20. The average Bonchev–Trinajstić information content (AvgIpc) is 2.35. The number of hydrogen-bond acceptors (Lipinski definition) is 4. The van der Waals surface area contributed by atoms with Crippen LogP contribution in [0.2, 0.25) is 0 Å². The zero-order valence-electron chi connectivity index (χ0n) is 9.86. The van der Waals surface area contributed by atoms with Gasteiger partial charge >= 0.3 is 0 Å². The SMILES string of the molecule is O=[N+]([O-])c1cc(F)c(O)c(CC2CCCCN2)c1. The number of hydrogen-bond donors (Lipinski definition) is 2. The summed E-state index contributed by atoms with van der Waals surface area (Å²) in [5, 5.41) is 23.5. The Labute approximate surface area is 104 Å². The molecule has 1 aromatic carbocycles. The van der Waals surface area contributed by atoms with Crippen molar-refractivity contribution in [3.8, 4) is 5.75 Å². The maximum Gasteiger partial charge on any atom is 0.272 e. The summed E-state index contributed by atoms with van der Waals surface area (Å²) in [5.74, 6) is -1.41. The molecule has 0 spiro atoms. The molecule has 2 rings (SSSR count). The Balaban J connectivity index is 2.22. The van der Waals surface area contributed by atoms with Crippen LogP contribution in [0.25, 0.3) is 0 Å². The zero-order chi connectivity index (χ0) is 13.1. The highest BCUT2D eigenvalue weighted by molar-refractivity contribution is 5.44. The predicted molar refractivity (Wildman–Crippen MR) is 64.1 cm³/mol. The van der Waals surface area contributed by atoms with Gasteiger partial charge in [-0.3, -0.25) is 10.1 Å². The van der Waals surface area contributed by atoms with Crippen molar-refractivity contribution in [1.29, 1.82) is 0 Å². The molecule has 2 N–H and O–H groups in total. The minimum atomic E-state index is -0.935. The predicted octanol–water partition coefficient (Wildman–Crippen LogP) is 2.12. The number of nitrogens with one attached hydrogen (secondary N) is 1. The molecule has 0 aliphatic carbocycles. The lowest BCUT2D eigenvalue weighted by atomic mass is 9.97. The van der Waals surface area contributed by atoms with Crippen LogP contribution in [0, 0.1) is 15.9 Å². The molecule has 1 fully saturated rings. The smallest absolute Gasteiger partial charge is 0.272 e. The summed E-state index contributed by atoms with van der Waals surface area (Å²) >= 11 is 0. The van der Waals surface area contributed by atoms with Crippen molar-refractivity contribution < 1.29 is 14.4 Å². The van der Waals surface area contributed by atoms with E-state index in [0.29, 0.717) is 12.0 Å². The van der Waals surface area contributed by atoms with Crippen LogP contribution < -0.4 is 5.32 Å². The molecule has 0 radical (unpaired) electrons. The van der Waals surface area contributed by atoms with Gasteiger partial charge in [0.05, 0.1) is 11.0 Å². The number of phenolic OH excluding ortho intramolecular Hbond substituents is 1. The van der Waals surface area contributed by atoms with Crippen LogP contribution in [0.1, 0.15) is 24.8 Å². The van der Waals surface area contributed by atoms with E-state index < -0.39 is 16.5 Å². The molecule has 18 heavy (non-hydrogen) atoms. The van der Waals surface area contributed by atoms with Gasteiger partial charge in [0.15, 0.2) is 11.6 Å². The van der Waals surface area contributed by atoms with Crippen LogP contribution in [-0.4, -0.2) is 22.6 Å². The van der Waals surface area contributed by atoms with Crippen molar-refractivity contribution >= 4 is 5.69 Å². The molecule has 6 heteroatoms. The number of nitro groups is 1. The van der Waals surface area contributed by atoms with Gasteiger partial charge in [-0.2, -0.15) is 0 Å². The van der Waals surface area contributed by atoms with Crippen LogP contribution in [0.4, 0.5) is 10.1 Å². The van der Waals surface area contributed by atoms with Gasteiger partial charge in [-0.1, -0.05) is 6.42 Å². The number of benzene rings is 1. The number of piperidine rings is 1. The largest absolute Gasteiger partial charge is 0.505 e. The molecule has 1 heterocycles. The summed E-state index contributed by atoms with van der Waals surface area (Å²) in [6, 6.07) is 2.13. The summed E-state index contributed by atoms with van der Waals surface area (Å²) in [5.41, 5.74) is -0.0304. The van der Waals surface area contributed by atoms with Gasteiger partial charge in [0.1, 0.15) is 0 Å². The van der Waals surface area contributed by atoms with Crippen molar-refractivity contribution in [3.63, 3.8) is 0 Å². The summed E-state index contributed by atoms with van der Waals surface area (Å²) in [4.78, 5) is 10.00. The third-order valence-electron chi connectivity index (χ3n) is 3.22. The van der Waals surface area contributed by atoms with Crippen molar-refractivity contribution in [2.45, 2.75) is 31.7 Å². The first-order valence-corrected chi connectivity index (χ1v) is 5.97. The molecule has 1 aliphatic rings. The van der Waals surface area contributed by atoms with Gasteiger partial charge < -0.3 is 10.4 Å². The highest BCUT2D eigenvalue weighted by atomic mass is 19.1. The minimum absolute atomic E-state index is 0.144. The Morgan fingerprint density at radius 2 is 2.28 bits per heavy atom. The molecule has 1 unspecified atom stereocenters. The fraction of sp³-hybridized carbons (Fsp3) is 0.500. The fourth-order valence-corrected chi connectivity index (χ4v) is 2.26. The average molecular weight is 254 g/mol. The van der Waals surface area contributed by atoms with E-state index in [9.17, 15) is 19.6 Å². The maximum atomic E-state index is 13.4. The molecule has 1 atom stereocenters. The van der Waals surface area contributed by atoms with E-state index in [-0.39, 0.29) is 11.7 Å². The van der Waals surface area contributed by atoms with Crippen molar-refractivity contribution in [3.05, 3.63) is 33.6 Å². The van der Waals surface area contributed by atoms with Crippen LogP contribution in [0.15, 0.2) is 12.1 Å². The highest BCUT2D eigenvalue weighted by Crippen LogP contribution is 2.28. The second kappa shape index (κ2) is 5.30. The number of aromatic hydroxyl groups is 1. The van der Waals surface area contributed by atoms with E-state index in [1.165, 1.54) is 6.07 Å². The van der Waals surface area contributed by atoms with E-state index in [0.717, 1.165) is 31.9 Å². The molecule has 5 nitrogen and oxygen atoms in total. The Hall–Kier alpha value is -1.69. The maximum absolute atomic E-state index is 13.4. The van der Waals surface area contributed by atoms with E-state index in [1.54, 1.807) is 0 Å². The molecule has 98 valence electrons. The number of rotatable bonds is 3. The Morgan fingerprint density at radius 3 is 2.89 bits per heavy atom. The quantitative estimate of drug-likeness (QED) is 0.640. The second-order valence-corrected chi connectivity index (χ2v) is 4.54. The van der Waals surface area contributed by atoms with Gasteiger partial charge in [-0.25, -0.2) is 4.39 Å². The molecule has 1 aliphatic heterocycles. The van der Waals surface area contributed by atoms with Gasteiger partial charge in [0.2, 0.25) is 0 Å². The van der Waals surface area contributed by atoms with E-state index in [1.807, 2.05) is 0 Å². The Kier molecular flexibility index (Phi) is 3.76. The number of phenols is 1. The van der Waals surface area contributed by atoms with Gasteiger partial charge in [-0.05, 0) is 25.8 Å². The second-order valence-electron chi connectivity index (χ2n) is 4.54. The van der Waals surface area contributed by atoms with Crippen molar-refractivity contribution in [2.75, 3.05) is 6.54 Å². The summed E-state index contributed by atoms with van der Waals surface area (Å²) in [7, 11) is 0. The lowest BCUT2D eigenvalue weighted by molar-refractivity contribution is -0.385. The summed E-state index contributed by atoms with van der Waals surface area (Å²) in [6.07, 6.45) is 3.52. The zero-order valence-corrected chi connectivity index (χ0v) is 9.86. The molecular formula is C12H15FN2O3. The Morgan fingerprint density at radius 1 is 1.50 bits per heavy atom. The molecule has 0 bridgehead atoms. The normalized spacial score (nSPS) is 19.7. The minimum Gasteiger partial charge on any atom is -0.505 e. The number of halogens is 1. The van der Waals surface area contributed by atoms with E-state index in [4.69, 9.17) is 0 Å². The van der Waals surface area contributed by atoms with Crippen LogP contribution >= 0.6 is 0 Å². The molecule has 0 saturated carbocycles. The van der Waals surface area contributed by atoms with Crippen LogP contribution in [0.3, 0.4) is 0 Å². The standard InChI is InChI=1S/C12H15FN2O3/c13-11-7-10(15(17)18)6-8(12(11)16)5-9-3-1-2-4-14-9/h6-7,9,14,16H,1-5H2. The molecule has 0 amide bonds. The first-order valence-electron chi connectivity index (χ1n) is 5.97. The molecule has 1 aromatic rings. The lowest BCUT2D eigenvalue weighted by Gasteiger charge is -2.23.